The number of nitrogens with zero attached hydrogens (tertiary/aromatic N) is 1. The van der Waals surface area contributed by atoms with Crippen LogP contribution in [0.1, 0.15) is 41.0 Å². The zero-order valence-electron chi connectivity index (χ0n) is 13.1. The van der Waals surface area contributed by atoms with Gasteiger partial charge in [0, 0.05) is 5.56 Å². The molecule has 0 fully saturated rings. The Labute approximate surface area is 126 Å². The van der Waals surface area contributed by atoms with Crippen molar-refractivity contribution in [2.45, 2.75) is 34.1 Å². The molecule has 0 atom stereocenters. The van der Waals surface area contributed by atoms with E-state index < -0.39 is 0 Å². The van der Waals surface area contributed by atoms with Crippen LogP contribution < -0.4 is 0 Å². The molecule has 0 aliphatic carbocycles. The fraction of sp³-hybridized carbons (Fsp3) is 0.333. The summed E-state index contributed by atoms with van der Waals surface area (Å²) in [5.74, 6) is -0.297. The van der Waals surface area contributed by atoms with Crippen molar-refractivity contribution in [1.29, 1.82) is 0 Å². The number of carbonyl (C=O) groups excluding carboxylic acids is 1. The minimum Gasteiger partial charge on any atom is -0.462 e. The van der Waals surface area contributed by atoms with Crippen molar-refractivity contribution in [2.24, 2.45) is 0 Å². The smallest absolute Gasteiger partial charge is 0.339 e. The third-order valence-electron chi connectivity index (χ3n) is 3.46. The average molecular weight is 283 g/mol. The van der Waals surface area contributed by atoms with Gasteiger partial charge < -0.3 is 4.74 Å². The lowest BCUT2D eigenvalue weighted by Gasteiger charge is -2.11. The van der Waals surface area contributed by atoms with Crippen LogP contribution in [0.15, 0.2) is 30.3 Å². The number of carbonyl (C=O) groups is 1. The summed E-state index contributed by atoms with van der Waals surface area (Å²) in [6, 6.07) is 10.0. The van der Waals surface area contributed by atoms with Crippen LogP contribution in [0.5, 0.6) is 0 Å². The number of aromatic nitrogens is 1. The highest BCUT2D eigenvalue weighted by Crippen LogP contribution is 2.24. The Bertz CT molecular complexity index is 662. The summed E-state index contributed by atoms with van der Waals surface area (Å²) in [6.07, 6.45) is 0.701. The van der Waals surface area contributed by atoms with Crippen LogP contribution in [0.25, 0.3) is 11.3 Å². The lowest BCUT2D eigenvalue weighted by molar-refractivity contribution is 0.0524. The highest BCUT2D eigenvalue weighted by atomic mass is 16.5. The second kappa shape index (κ2) is 6.53. The molecule has 3 heteroatoms. The molecule has 0 aliphatic heterocycles. The molecule has 1 aromatic carbocycles. The van der Waals surface area contributed by atoms with Crippen molar-refractivity contribution in [1.82, 2.24) is 4.98 Å². The molecule has 3 nitrogen and oxygen atoms in total. The van der Waals surface area contributed by atoms with Crippen LogP contribution in [-0.4, -0.2) is 17.6 Å². The van der Waals surface area contributed by atoms with E-state index in [4.69, 9.17) is 4.74 Å². The molecule has 21 heavy (non-hydrogen) atoms. The molecule has 2 aromatic rings. The standard InChI is InChI=1S/C18H21NO2/c1-5-16-15(18(20)21-6-2)9-10-17(19-16)14-8-7-12(3)11-13(14)4/h7-11H,5-6H2,1-4H3. The van der Waals surface area contributed by atoms with E-state index in [1.165, 1.54) is 11.1 Å². The molecule has 0 radical (unpaired) electrons. The topological polar surface area (TPSA) is 39.2 Å². The predicted molar refractivity (Wildman–Crippen MR) is 84.5 cm³/mol. The third-order valence-corrected chi connectivity index (χ3v) is 3.46. The van der Waals surface area contributed by atoms with Crippen LogP contribution >= 0.6 is 0 Å². The van der Waals surface area contributed by atoms with Gasteiger partial charge in [-0.2, -0.15) is 0 Å². The third kappa shape index (κ3) is 3.30. The molecule has 0 amide bonds. The Kier molecular flexibility index (Phi) is 4.73. The minimum atomic E-state index is -0.297. The van der Waals surface area contributed by atoms with Gasteiger partial charge in [0.25, 0.3) is 0 Å². The number of hydrogen-bond acceptors (Lipinski definition) is 3. The number of aryl methyl sites for hydroxylation is 3. The Balaban J connectivity index is 2.45. The van der Waals surface area contributed by atoms with E-state index in [1.54, 1.807) is 6.92 Å². The lowest BCUT2D eigenvalue weighted by Crippen LogP contribution is -2.09. The van der Waals surface area contributed by atoms with E-state index in [-0.39, 0.29) is 5.97 Å². The summed E-state index contributed by atoms with van der Waals surface area (Å²) < 4.78 is 5.08. The van der Waals surface area contributed by atoms with Gasteiger partial charge in [-0.15, -0.1) is 0 Å². The molecule has 1 aromatic heterocycles. The normalized spacial score (nSPS) is 10.5. The fourth-order valence-electron chi connectivity index (χ4n) is 2.42. The van der Waals surface area contributed by atoms with Crippen LogP contribution in [0.4, 0.5) is 0 Å². The molecule has 0 bridgehead atoms. The Hall–Kier alpha value is -2.16. The van der Waals surface area contributed by atoms with E-state index in [1.807, 2.05) is 19.1 Å². The molecule has 0 N–H and O–H groups in total. The first kappa shape index (κ1) is 15.2. The van der Waals surface area contributed by atoms with Gasteiger partial charge in [0.1, 0.15) is 0 Å². The summed E-state index contributed by atoms with van der Waals surface area (Å²) in [7, 11) is 0. The van der Waals surface area contributed by atoms with E-state index >= 15 is 0 Å². The number of pyridine rings is 1. The fourth-order valence-corrected chi connectivity index (χ4v) is 2.42. The molecule has 1 heterocycles. The van der Waals surface area contributed by atoms with Gasteiger partial charge in [-0.25, -0.2) is 4.79 Å². The van der Waals surface area contributed by atoms with Gasteiger partial charge in [0.2, 0.25) is 0 Å². The van der Waals surface area contributed by atoms with E-state index in [9.17, 15) is 4.79 Å². The first-order valence-electron chi connectivity index (χ1n) is 7.31. The number of ether oxygens (including phenoxy) is 1. The highest BCUT2D eigenvalue weighted by Gasteiger charge is 2.14. The minimum absolute atomic E-state index is 0.297. The lowest BCUT2D eigenvalue weighted by atomic mass is 10.0. The zero-order chi connectivity index (χ0) is 15.4. The quantitative estimate of drug-likeness (QED) is 0.793. The molecular weight excluding hydrogens is 262 g/mol. The summed E-state index contributed by atoms with van der Waals surface area (Å²) in [6.45, 7) is 8.33. The SMILES string of the molecule is CCOC(=O)c1ccc(-c2ccc(C)cc2C)nc1CC. The van der Waals surface area contributed by atoms with Gasteiger partial charge in [-0.05, 0) is 44.9 Å². The largest absolute Gasteiger partial charge is 0.462 e. The second-order valence-electron chi connectivity index (χ2n) is 5.08. The maximum atomic E-state index is 11.9. The number of benzene rings is 1. The number of rotatable bonds is 4. The van der Waals surface area contributed by atoms with Gasteiger partial charge in [0.15, 0.2) is 0 Å². The monoisotopic (exact) mass is 283 g/mol. The van der Waals surface area contributed by atoms with Crippen molar-refractivity contribution < 1.29 is 9.53 Å². The van der Waals surface area contributed by atoms with E-state index in [0.717, 1.165) is 17.0 Å². The van der Waals surface area contributed by atoms with Crippen molar-refractivity contribution in [3.63, 3.8) is 0 Å². The Morgan fingerprint density at radius 2 is 1.90 bits per heavy atom. The average Bonchev–Trinajstić information content (AvgIpc) is 2.47. The summed E-state index contributed by atoms with van der Waals surface area (Å²) in [4.78, 5) is 16.6. The number of hydrogen-bond donors (Lipinski definition) is 0. The highest BCUT2D eigenvalue weighted by molar-refractivity contribution is 5.91. The van der Waals surface area contributed by atoms with E-state index in [0.29, 0.717) is 18.6 Å². The maximum absolute atomic E-state index is 11.9. The molecule has 0 unspecified atom stereocenters. The summed E-state index contributed by atoms with van der Waals surface area (Å²) >= 11 is 0. The zero-order valence-corrected chi connectivity index (χ0v) is 13.1. The van der Waals surface area contributed by atoms with Gasteiger partial charge in [-0.3, -0.25) is 4.98 Å². The van der Waals surface area contributed by atoms with Crippen LogP contribution in [-0.2, 0) is 11.2 Å². The van der Waals surface area contributed by atoms with Gasteiger partial charge in [-0.1, -0.05) is 30.7 Å². The first-order chi connectivity index (χ1) is 10.1. The van der Waals surface area contributed by atoms with Gasteiger partial charge in [0.05, 0.1) is 23.6 Å². The Morgan fingerprint density at radius 3 is 2.52 bits per heavy atom. The summed E-state index contributed by atoms with van der Waals surface area (Å²) in [5, 5.41) is 0. The first-order valence-corrected chi connectivity index (χ1v) is 7.31. The van der Waals surface area contributed by atoms with Crippen molar-refractivity contribution >= 4 is 5.97 Å². The molecule has 0 saturated heterocycles. The molecule has 0 saturated carbocycles. The van der Waals surface area contributed by atoms with E-state index in [2.05, 4.69) is 37.0 Å². The van der Waals surface area contributed by atoms with Crippen molar-refractivity contribution in [3.05, 3.63) is 52.7 Å². The summed E-state index contributed by atoms with van der Waals surface area (Å²) in [5.41, 5.74) is 5.77. The molecule has 0 spiro atoms. The van der Waals surface area contributed by atoms with Crippen LogP contribution in [0, 0.1) is 13.8 Å². The Morgan fingerprint density at radius 1 is 1.14 bits per heavy atom. The number of esters is 1. The van der Waals surface area contributed by atoms with Crippen molar-refractivity contribution in [2.75, 3.05) is 6.61 Å². The predicted octanol–water partition coefficient (Wildman–Crippen LogP) is 4.10. The van der Waals surface area contributed by atoms with Crippen LogP contribution in [0.2, 0.25) is 0 Å². The molecular formula is C18H21NO2. The second-order valence-corrected chi connectivity index (χ2v) is 5.08. The molecule has 0 aliphatic rings. The van der Waals surface area contributed by atoms with Gasteiger partial charge >= 0.3 is 5.97 Å². The molecule has 110 valence electrons. The van der Waals surface area contributed by atoms with Crippen molar-refractivity contribution in [3.8, 4) is 11.3 Å². The maximum Gasteiger partial charge on any atom is 0.339 e. The van der Waals surface area contributed by atoms with Crippen LogP contribution in [0.3, 0.4) is 0 Å². The molecule has 2 rings (SSSR count).